The molecule has 3 unspecified atom stereocenters. The Kier molecular flexibility index (Phi) is 8.21. The number of carbonyl (C=O) groups is 4. The Balaban J connectivity index is 2.16. The Hall–Kier alpha value is -2.88. The van der Waals surface area contributed by atoms with E-state index in [-0.39, 0.29) is 12.4 Å². The van der Waals surface area contributed by atoms with Crippen LogP contribution in [0.2, 0.25) is 0 Å². The number of furan rings is 1. The van der Waals surface area contributed by atoms with Crippen LogP contribution in [0.25, 0.3) is 0 Å². The Morgan fingerprint density at radius 1 is 1.29 bits per heavy atom. The Morgan fingerprint density at radius 3 is 2.52 bits per heavy atom. The van der Waals surface area contributed by atoms with Crippen molar-refractivity contribution in [1.82, 2.24) is 10.2 Å². The van der Waals surface area contributed by atoms with Gasteiger partial charge < -0.3 is 29.8 Å². The van der Waals surface area contributed by atoms with Crippen molar-refractivity contribution in [1.29, 1.82) is 0 Å². The van der Waals surface area contributed by atoms with E-state index in [1.165, 1.54) is 19.4 Å². The minimum atomic E-state index is -1.22. The molecule has 2 rings (SSSR count). The molecule has 3 N–H and O–H groups in total. The molecule has 172 valence electrons. The lowest BCUT2D eigenvalue weighted by Crippen LogP contribution is -2.56. The van der Waals surface area contributed by atoms with Gasteiger partial charge in [-0.15, -0.1) is 0 Å². The molecular formula is C21H31N3O7. The van der Waals surface area contributed by atoms with Crippen LogP contribution in [0.5, 0.6) is 5.75 Å². The molecule has 10 heteroatoms. The number of rotatable bonds is 9. The number of nitrogens with zero attached hydrogens (tertiary/aromatic N) is 1. The number of likely N-dealkylation sites (N-methyl/N-ethyl adjacent to an activating group) is 1. The summed E-state index contributed by atoms with van der Waals surface area (Å²) in [6.07, 6.45) is 0.312. The average molecular weight is 437 g/mol. The zero-order valence-corrected chi connectivity index (χ0v) is 18.5. The van der Waals surface area contributed by atoms with Crippen molar-refractivity contribution in [3.05, 3.63) is 18.1 Å². The Morgan fingerprint density at radius 2 is 1.97 bits per heavy atom. The van der Waals surface area contributed by atoms with Gasteiger partial charge in [-0.05, 0) is 31.6 Å². The molecule has 10 nitrogen and oxygen atoms in total. The molecule has 1 aliphatic rings. The number of ketones is 1. The van der Waals surface area contributed by atoms with Gasteiger partial charge in [0.25, 0.3) is 0 Å². The summed E-state index contributed by atoms with van der Waals surface area (Å²) in [4.78, 5) is 50.6. The van der Waals surface area contributed by atoms with Gasteiger partial charge in [0.05, 0.1) is 6.26 Å². The molecular weight excluding hydrogens is 406 g/mol. The molecule has 0 aliphatic carbocycles. The fourth-order valence-corrected chi connectivity index (χ4v) is 3.33. The van der Waals surface area contributed by atoms with E-state index in [0.717, 1.165) is 4.90 Å². The molecule has 1 aromatic rings. The largest absolute Gasteiger partial charge is 0.466 e. The number of Topliss-reactive ketones (excluding diaryl/α,β-unsaturated/α-hetero) is 1. The van der Waals surface area contributed by atoms with Crippen molar-refractivity contribution in [2.45, 2.75) is 58.7 Å². The number of aryl methyl sites for hydroxylation is 1. The molecule has 3 amide bonds. The number of hydrogen-bond donors (Lipinski definition) is 2. The van der Waals surface area contributed by atoms with E-state index in [0.29, 0.717) is 30.4 Å². The summed E-state index contributed by atoms with van der Waals surface area (Å²) in [6, 6.07) is -0.609. The number of amides is 3. The Labute approximate surface area is 181 Å². The fourth-order valence-electron chi connectivity index (χ4n) is 3.33. The molecule has 0 saturated carbocycles. The summed E-state index contributed by atoms with van der Waals surface area (Å²) in [7, 11) is 1.39. The zero-order valence-electron chi connectivity index (χ0n) is 18.5. The van der Waals surface area contributed by atoms with E-state index < -0.39 is 41.9 Å². The van der Waals surface area contributed by atoms with Crippen LogP contribution in [0.4, 0.5) is 4.79 Å². The topological polar surface area (TPSA) is 141 Å². The van der Waals surface area contributed by atoms with Gasteiger partial charge in [-0.25, -0.2) is 4.79 Å². The summed E-state index contributed by atoms with van der Waals surface area (Å²) in [5, 5.41) is 2.58. The van der Waals surface area contributed by atoms with Crippen LogP contribution in [0.1, 0.15) is 39.4 Å². The van der Waals surface area contributed by atoms with Crippen LogP contribution >= 0.6 is 0 Å². The third-order valence-corrected chi connectivity index (χ3v) is 5.72. The van der Waals surface area contributed by atoms with Crippen LogP contribution < -0.4 is 15.8 Å². The summed E-state index contributed by atoms with van der Waals surface area (Å²) in [5.41, 5.74) is 5.31. The summed E-state index contributed by atoms with van der Waals surface area (Å²) < 4.78 is 15.5. The molecule has 2 heterocycles. The summed E-state index contributed by atoms with van der Waals surface area (Å²) in [6.45, 7) is 7.53. The van der Waals surface area contributed by atoms with Gasteiger partial charge in [0.15, 0.2) is 17.6 Å². The standard InChI is InChI=1S/C21H31N3O7/c1-11(2)12(3)6-7-14(23-21(28)31-16-8-9-29-13(16)4)20(27)24(5)17-15(25)10-30-18(17)19(22)26/h8-9,11-12,14,17-18H,6-7,10H2,1-5H3,(H2,22,26)(H,23,28)/t12?,14-,17?,18?/m0/s1. The van der Waals surface area contributed by atoms with Crippen molar-refractivity contribution < 1.29 is 33.1 Å². The van der Waals surface area contributed by atoms with Crippen LogP contribution in [0.15, 0.2) is 16.7 Å². The van der Waals surface area contributed by atoms with E-state index in [2.05, 4.69) is 26.1 Å². The second-order valence-corrected chi connectivity index (χ2v) is 8.22. The molecule has 31 heavy (non-hydrogen) atoms. The van der Waals surface area contributed by atoms with Gasteiger partial charge in [0.2, 0.25) is 11.8 Å². The van der Waals surface area contributed by atoms with Gasteiger partial charge in [0.1, 0.15) is 24.5 Å². The number of nitrogens with two attached hydrogens (primary N) is 1. The third-order valence-electron chi connectivity index (χ3n) is 5.72. The molecule has 1 aliphatic heterocycles. The number of ether oxygens (including phenoxy) is 2. The molecule has 0 spiro atoms. The van der Waals surface area contributed by atoms with Crippen LogP contribution in [0, 0.1) is 18.8 Å². The van der Waals surface area contributed by atoms with E-state index in [1.54, 1.807) is 6.92 Å². The normalized spacial score (nSPS) is 20.4. The highest BCUT2D eigenvalue weighted by Crippen LogP contribution is 2.22. The number of primary amides is 1. The Bertz CT molecular complexity index is 820. The second kappa shape index (κ2) is 10.4. The minimum Gasteiger partial charge on any atom is -0.466 e. The van der Waals surface area contributed by atoms with Crippen molar-refractivity contribution in [3.63, 3.8) is 0 Å². The molecule has 1 fully saturated rings. The van der Waals surface area contributed by atoms with Gasteiger partial charge in [-0.1, -0.05) is 20.8 Å². The highest BCUT2D eigenvalue weighted by molar-refractivity contribution is 5.99. The van der Waals surface area contributed by atoms with Crippen molar-refractivity contribution in [3.8, 4) is 5.75 Å². The molecule has 4 atom stereocenters. The average Bonchev–Trinajstić information content (AvgIpc) is 3.29. The second-order valence-electron chi connectivity index (χ2n) is 8.22. The molecule has 0 radical (unpaired) electrons. The molecule has 0 aromatic carbocycles. The lowest BCUT2D eigenvalue weighted by molar-refractivity contribution is -0.141. The fraction of sp³-hybridized carbons (Fsp3) is 0.619. The van der Waals surface area contributed by atoms with E-state index in [4.69, 9.17) is 19.6 Å². The van der Waals surface area contributed by atoms with Gasteiger partial charge in [-0.2, -0.15) is 0 Å². The first-order valence-electron chi connectivity index (χ1n) is 10.3. The number of nitrogens with one attached hydrogen (secondary N) is 1. The summed E-state index contributed by atoms with van der Waals surface area (Å²) >= 11 is 0. The quantitative estimate of drug-likeness (QED) is 0.595. The van der Waals surface area contributed by atoms with E-state index in [9.17, 15) is 19.2 Å². The minimum absolute atomic E-state index is 0.237. The van der Waals surface area contributed by atoms with Gasteiger partial charge >= 0.3 is 6.09 Å². The maximum absolute atomic E-state index is 13.2. The SMILES string of the molecule is Cc1occc1OC(=O)N[C@@H](CCC(C)C(C)C)C(=O)N(C)C1C(=O)COC1C(N)=O. The lowest BCUT2D eigenvalue weighted by atomic mass is 9.91. The predicted octanol–water partition coefficient (Wildman–Crippen LogP) is 1.40. The van der Waals surface area contributed by atoms with E-state index >= 15 is 0 Å². The van der Waals surface area contributed by atoms with Gasteiger partial charge in [0, 0.05) is 13.1 Å². The van der Waals surface area contributed by atoms with Crippen molar-refractivity contribution >= 4 is 23.7 Å². The van der Waals surface area contributed by atoms with Gasteiger partial charge in [-0.3, -0.25) is 14.4 Å². The van der Waals surface area contributed by atoms with Crippen LogP contribution in [-0.4, -0.2) is 60.4 Å². The van der Waals surface area contributed by atoms with Crippen molar-refractivity contribution in [2.75, 3.05) is 13.7 Å². The van der Waals surface area contributed by atoms with Crippen LogP contribution in [0.3, 0.4) is 0 Å². The zero-order chi connectivity index (χ0) is 23.3. The highest BCUT2D eigenvalue weighted by Gasteiger charge is 2.45. The third kappa shape index (κ3) is 6.06. The maximum Gasteiger partial charge on any atom is 0.413 e. The number of carbonyl (C=O) groups excluding carboxylic acids is 4. The highest BCUT2D eigenvalue weighted by atomic mass is 16.6. The lowest BCUT2D eigenvalue weighted by Gasteiger charge is -2.30. The molecule has 1 aromatic heterocycles. The number of hydrogen-bond acceptors (Lipinski definition) is 7. The van der Waals surface area contributed by atoms with Crippen LogP contribution in [-0.2, 0) is 19.1 Å². The maximum atomic E-state index is 13.2. The van der Waals surface area contributed by atoms with E-state index in [1.807, 2.05) is 0 Å². The van der Waals surface area contributed by atoms with Crippen molar-refractivity contribution in [2.24, 2.45) is 17.6 Å². The first-order valence-corrected chi connectivity index (χ1v) is 10.3. The molecule has 0 bridgehead atoms. The monoisotopic (exact) mass is 437 g/mol. The summed E-state index contributed by atoms with van der Waals surface area (Å²) in [5.74, 6) is -0.453. The predicted molar refractivity (Wildman–Crippen MR) is 110 cm³/mol. The first kappa shape index (κ1) is 24.4. The molecule has 1 saturated heterocycles. The first-order chi connectivity index (χ1) is 14.5. The smallest absolute Gasteiger partial charge is 0.413 e.